The molecule has 0 aromatic heterocycles. The fraction of sp³-hybridized carbons (Fsp3) is 0.200. The fourth-order valence-electron chi connectivity index (χ4n) is 1.92. The number of hydrogen-bond donors (Lipinski definition) is 1. The van der Waals surface area contributed by atoms with Crippen molar-refractivity contribution in [2.75, 3.05) is 5.33 Å². The van der Waals surface area contributed by atoms with Crippen molar-refractivity contribution in [3.8, 4) is 0 Å². The summed E-state index contributed by atoms with van der Waals surface area (Å²) in [6.07, 6.45) is 0. The van der Waals surface area contributed by atoms with E-state index >= 15 is 0 Å². The molecule has 0 fully saturated rings. The molecule has 0 heterocycles. The Labute approximate surface area is 128 Å². The van der Waals surface area contributed by atoms with Gasteiger partial charge >= 0.3 is 0 Å². The average molecular weight is 354 g/mol. The second kappa shape index (κ2) is 6.08. The molecule has 0 aliphatic heterocycles. The van der Waals surface area contributed by atoms with Crippen LogP contribution < -0.4 is 4.72 Å². The largest absolute Gasteiger partial charge is 0.241 e. The highest BCUT2D eigenvalue weighted by Crippen LogP contribution is 2.25. The minimum absolute atomic E-state index is 0.267. The van der Waals surface area contributed by atoms with Crippen molar-refractivity contribution in [3.05, 3.63) is 66.2 Å². The van der Waals surface area contributed by atoms with E-state index in [9.17, 15) is 8.42 Å². The molecule has 0 aliphatic carbocycles. The third-order valence-corrected chi connectivity index (χ3v) is 5.82. The SMILES string of the molecule is C[C@@](CBr)(NS(=O)(=O)c1ccccc1)c1ccccc1. The topological polar surface area (TPSA) is 46.2 Å². The normalized spacial score (nSPS) is 14.7. The summed E-state index contributed by atoms with van der Waals surface area (Å²) in [7, 11) is -3.56. The van der Waals surface area contributed by atoms with E-state index in [4.69, 9.17) is 0 Å². The first kappa shape index (κ1) is 15.2. The van der Waals surface area contributed by atoms with Crippen LogP contribution in [0.15, 0.2) is 65.6 Å². The van der Waals surface area contributed by atoms with Gasteiger partial charge in [0.2, 0.25) is 10.0 Å². The molecule has 0 unspecified atom stereocenters. The van der Waals surface area contributed by atoms with Gasteiger partial charge in [-0.1, -0.05) is 64.5 Å². The zero-order chi connectivity index (χ0) is 14.6. The maximum atomic E-state index is 12.4. The monoisotopic (exact) mass is 353 g/mol. The van der Waals surface area contributed by atoms with Gasteiger partial charge in [0.1, 0.15) is 0 Å². The van der Waals surface area contributed by atoms with Crippen LogP contribution in [0.2, 0.25) is 0 Å². The highest BCUT2D eigenvalue weighted by Gasteiger charge is 2.31. The van der Waals surface area contributed by atoms with Gasteiger partial charge in [-0.15, -0.1) is 0 Å². The molecule has 0 saturated carbocycles. The van der Waals surface area contributed by atoms with Gasteiger partial charge in [-0.25, -0.2) is 13.1 Å². The van der Waals surface area contributed by atoms with Crippen molar-refractivity contribution in [1.82, 2.24) is 4.72 Å². The van der Waals surface area contributed by atoms with Crippen LogP contribution in [-0.2, 0) is 15.6 Å². The van der Waals surface area contributed by atoms with Crippen LogP contribution >= 0.6 is 15.9 Å². The van der Waals surface area contributed by atoms with E-state index in [1.165, 1.54) is 0 Å². The van der Waals surface area contributed by atoms with Crippen molar-refractivity contribution in [1.29, 1.82) is 0 Å². The number of rotatable bonds is 5. The lowest BCUT2D eigenvalue weighted by Gasteiger charge is -2.29. The van der Waals surface area contributed by atoms with Gasteiger partial charge in [-0.3, -0.25) is 0 Å². The fourth-order valence-corrected chi connectivity index (χ4v) is 3.99. The summed E-state index contributed by atoms with van der Waals surface area (Å²) < 4.78 is 27.7. The molecule has 3 nitrogen and oxygen atoms in total. The van der Waals surface area contributed by atoms with Gasteiger partial charge in [0.25, 0.3) is 0 Å². The Morgan fingerprint density at radius 3 is 2.00 bits per heavy atom. The van der Waals surface area contributed by atoms with Crippen molar-refractivity contribution in [3.63, 3.8) is 0 Å². The maximum Gasteiger partial charge on any atom is 0.241 e. The van der Waals surface area contributed by atoms with Crippen LogP contribution in [0.4, 0.5) is 0 Å². The van der Waals surface area contributed by atoms with E-state index in [1.54, 1.807) is 30.3 Å². The lowest BCUT2D eigenvalue weighted by Crippen LogP contribution is -2.44. The van der Waals surface area contributed by atoms with Crippen molar-refractivity contribution >= 4 is 26.0 Å². The van der Waals surface area contributed by atoms with Crippen LogP contribution in [-0.4, -0.2) is 13.7 Å². The summed E-state index contributed by atoms with van der Waals surface area (Å²) >= 11 is 3.41. The molecule has 1 atom stereocenters. The lowest BCUT2D eigenvalue weighted by molar-refractivity contribution is 0.482. The predicted molar refractivity (Wildman–Crippen MR) is 84.4 cm³/mol. The Bertz CT molecular complexity index is 659. The van der Waals surface area contributed by atoms with Crippen molar-refractivity contribution < 1.29 is 8.42 Å². The van der Waals surface area contributed by atoms with E-state index in [0.717, 1.165) is 5.56 Å². The molecule has 5 heteroatoms. The van der Waals surface area contributed by atoms with E-state index in [1.807, 2.05) is 37.3 Å². The van der Waals surface area contributed by atoms with Crippen LogP contribution in [0, 0.1) is 0 Å². The van der Waals surface area contributed by atoms with E-state index in [0.29, 0.717) is 5.33 Å². The van der Waals surface area contributed by atoms with Crippen molar-refractivity contribution in [2.24, 2.45) is 0 Å². The highest BCUT2D eigenvalue weighted by atomic mass is 79.9. The first-order chi connectivity index (χ1) is 9.48. The second-order valence-electron chi connectivity index (χ2n) is 4.75. The van der Waals surface area contributed by atoms with Crippen LogP contribution in [0.1, 0.15) is 12.5 Å². The standard InChI is InChI=1S/C15H16BrNO2S/c1-15(12-16,13-8-4-2-5-9-13)17-20(18,19)14-10-6-3-7-11-14/h2-11,17H,12H2,1H3/t15-/m0/s1. The Hall–Kier alpha value is -1.17. The number of sulfonamides is 1. The second-order valence-corrected chi connectivity index (χ2v) is 6.99. The number of alkyl halides is 1. The smallest absolute Gasteiger partial charge is 0.207 e. The van der Waals surface area contributed by atoms with Crippen LogP contribution in [0.5, 0.6) is 0 Å². The zero-order valence-corrected chi connectivity index (χ0v) is 13.5. The number of halogens is 1. The Kier molecular flexibility index (Phi) is 4.62. The van der Waals surface area contributed by atoms with Crippen LogP contribution in [0.25, 0.3) is 0 Å². The molecule has 0 bridgehead atoms. The van der Waals surface area contributed by atoms with E-state index < -0.39 is 15.6 Å². The Morgan fingerprint density at radius 2 is 1.50 bits per heavy atom. The summed E-state index contributed by atoms with van der Waals surface area (Å²) in [5.41, 5.74) is 0.215. The van der Waals surface area contributed by atoms with E-state index in [-0.39, 0.29) is 4.90 Å². The highest BCUT2D eigenvalue weighted by molar-refractivity contribution is 9.09. The van der Waals surface area contributed by atoms with Gasteiger partial charge in [0, 0.05) is 5.33 Å². The molecule has 0 radical (unpaired) electrons. The van der Waals surface area contributed by atoms with E-state index in [2.05, 4.69) is 20.7 Å². The predicted octanol–water partition coefficient (Wildman–Crippen LogP) is 3.28. The quantitative estimate of drug-likeness (QED) is 0.838. The van der Waals surface area contributed by atoms with Gasteiger partial charge in [0.15, 0.2) is 0 Å². The minimum atomic E-state index is -3.56. The summed E-state index contributed by atoms with van der Waals surface area (Å²) in [6.45, 7) is 1.86. The molecule has 0 amide bonds. The molecular weight excluding hydrogens is 338 g/mol. The molecule has 20 heavy (non-hydrogen) atoms. The van der Waals surface area contributed by atoms with Gasteiger partial charge in [-0.05, 0) is 24.6 Å². The molecule has 106 valence electrons. The molecule has 1 N–H and O–H groups in total. The summed E-state index contributed by atoms with van der Waals surface area (Å²) in [6, 6.07) is 17.9. The van der Waals surface area contributed by atoms with Crippen molar-refractivity contribution in [2.45, 2.75) is 17.4 Å². The number of benzene rings is 2. The van der Waals surface area contributed by atoms with Crippen LogP contribution in [0.3, 0.4) is 0 Å². The summed E-state index contributed by atoms with van der Waals surface area (Å²) in [5, 5.41) is 0.482. The minimum Gasteiger partial charge on any atom is -0.207 e. The molecule has 0 aliphatic rings. The number of hydrogen-bond acceptors (Lipinski definition) is 2. The summed E-state index contributed by atoms with van der Waals surface area (Å²) in [4.78, 5) is 0.267. The first-order valence-corrected chi connectivity index (χ1v) is 8.79. The van der Waals surface area contributed by atoms with Gasteiger partial charge in [0.05, 0.1) is 10.4 Å². The average Bonchev–Trinajstić information content (AvgIpc) is 2.48. The first-order valence-electron chi connectivity index (χ1n) is 6.18. The molecular formula is C15H16BrNO2S. The maximum absolute atomic E-state index is 12.4. The molecule has 2 aromatic carbocycles. The molecule has 0 spiro atoms. The molecule has 2 aromatic rings. The van der Waals surface area contributed by atoms with Gasteiger partial charge in [-0.2, -0.15) is 0 Å². The third kappa shape index (κ3) is 3.29. The third-order valence-electron chi connectivity index (χ3n) is 3.09. The number of nitrogens with one attached hydrogen (secondary N) is 1. The zero-order valence-electron chi connectivity index (χ0n) is 11.1. The Balaban J connectivity index is 2.36. The molecule has 0 saturated heterocycles. The summed E-state index contributed by atoms with van der Waals surface area (Å²) in [5.74, 6) is 0. The van der Waals surface area contributed by atoms with Gasteiger partial charge < -0.3 is 0 Å². The molecule has 2 rings (SSSR count). The Morgan fingerprint density at radius 1 is 1.00 bits per heavy atom. The lowest BCUT2D eigenvalue weighted by atomic mass is 9.96.